The van der Waals surface area contributed by atoms with Gasteiger partial charge in [0.05, 0.1) is 0 Å². The molecule has 0 aromatic rings. The van der Waals surface area contributed by atoms with Crippen molar-refractivity contribution in [1.82, 2.24) is 9.80 Å². The maximum Gasteiger partial charge on any atom is 0.319 e. The minimum absolute atomic E-state index is 0.131. The zero-order valence-corrected chi connectivity index (χ0v) is 13.3. The number of carboxylic acids is 1. The van der Waals surface area contributed by atoms with Crippen molar-refractivity contribution >= 4 is 12.0 Å². The number of carbonyl (C=O) groups is 2. The zero-order valence-electron chi connectivity index (χ0n) is 13.3. The summed E-state index contributed by atoms with van der Waals surface area (Å²) in [6.07, 6.45) is 6.55. The highest BCUT2D eigenvalue weighted by Crippen LogP contribution is 2.28. The number of rotatable bonds is 4. The van der Waals surface area contributed by atoms with Gasteiger partial charge in [0.25, 0.3) is 0 Å². The van der Waals surface area contributed by atoms with E-state index in [0.29, 0.717) is 24.3 Å². The fourth-order valence-corrected chi connectivity index (χ4v) is 3.70. The van der Waals surface area contributed by atoms with Crippen LogP contribution in [0.3, 0.4) is 0 Å². The average Bonchev–Trinajstić information content (AvgIpc) is 2.92. The number of aliphatic carboxylic acids is 1. The third-order valence-corrected chi connectivity index (χ3v) is 5.08. The number of hydrogen-bond acceptors (Lipinski definition) is 2. The molecule has 2 amide bonds. The van der Waals surface area contributed by atoms with E-state index in [9.17, 15) is 9.59 Å². The first-order valence-electron chi connectivity index (χ1n) is 8.21. The van der Waals surface area contributed by atoms with Gasteiger partial charge in [0, 0.05) is 32.6 Å². The molecule has 0 aromatic carbocycles. The Bertz CT molecular complexity index is 386. The van der Waals surface area contributed by atoms with Crippen LogP contribution >= 0.6 is 0 Å². The highest BCUT2D eigenvalue weighted by molar-refractivity contribution is 5.75. The number of hydrogen-bond donors (Lipinski definition) is 1. The van der Waals surface area contributed by atoms with Crippen LogP contribution in [0.25, 0.3) is 0 Å². The molecule has 0 bridgehead atoms. The van der Waals surface area contributed by atoms with E-state index in [2.05, 4.69) is 6.92 Å². The van der Waals surface area contributed by atoms with Gasteiger partial charge in [-0.2, -0.15) is 0 Å². The van der Waals surface area contributed by atoms with Crippen LogP contribution in [0.5, 0.6) is 0 Å². The molecular weight excluding hydrogens is 268 g/mol. The fourth-order valence-electron chi connectivity index (χ4n) is 3.70. The van der Waals surface area contributed by atoms with Crippen LogP contribution in [0.1, 0.15) is 51.9 Å². The lowest BCUT2D eigenvalue weighted by Gasteiger charge is -2.36. The van der Waals surface area contributed by atoms with E-state index in [1.54, 1.807) is 0 Å². The lowest BCUT2D eigenvalue weighted by molar-refractivity contribution is -0.137. The van der Waals surface area contributed by atoms with E-state index < -0.39 is 5.97 Å². The second kappa shape index (κ2) is 7.14. The summed E-state index contributed by atoms with van der Waals surface area (Å²) in [6.45, 7) is 3.76. The predicted molar refractivity (Wildman–Crippen MR) is 81.1 cm³/mol. The number of amides is 2. The summed E-state index contributed by atoms with van der Waals surface area (Å²) in [5, 5.41) is 8.74. The van der Waals surface area contributed by atoms with Crippen LogP contribution in [0, 0.1) is 11.8 Å². The van der Waals surface area contributed by atoms with E-state index in [-0.39, 0.29) is 12.5 Å². The molecule has 1 aliphatic heterocycles. The van der Waals surface area contributed by atoms with E-state index in [1.807, 2.05) is 16.8 Å². The second-order valence-electron chi connectivity index (χ2n) is 6.85. The molecule has 1 N–H and O–H groups in total. The summed E-state index contributed by atoms with van der Waals surface area (Å²) < 4.78 is 0. The summed E-state index contributed by atoms with van der Waals surface area (Å²) in [5.74, 6) is 0.317. The van der Waals surface area contributed by atoms with Crippen LogP contribution in [0.2, 0.25) is 0 Å². The summed E-state index contributed by atoms with van der Waals surface area (Å²) in [4.78, 5) is 27.0. The third-order valence-electron chi connectivity index (χ3n) is 5.08. The Kier molecular flexibility index (Phi) is 5.48. The van der Waals surface area contributed by atoms with Crippen molar-refractivity contribution in [2.45, 2.75) is 57.9 Å². The number of carbonyl (C=O) groups excluding carboxylic acids is 1. The average molecular weight is 296 g/mol. The Hall–Kier alpha value is -1.26. The number of nitrogens with zero attached hydrogens (tertiary/aromatic N) is 2. The van der Waals surface area contributed by atoms with Crippen LogP contribution < -0.4 is 0 Å². The Morgan fingerprint density at radius 3 is 2.71 bits per heavy atom. The molecule has 1 heterocycles. The monoisotopic (exact) mass is 296 g/mol. The van der Waals surface area contributed by atoms with E-state index in [4.69, 9.17) is 5.11 Å². The molecule has 21 heavy (non-hydrogen) atoms. The largest absolute Gasteiger partial charge is 0.481 e. The van der Waals surface area contributed by atoms with Crippen molar-refractivity contribution in [2.24, 2.45) is 11.8 Å². The number of urea groups is 1. The second-order valence-corrected chi connectivity index (χ2v) is 6.85. The van der Waals surface area contributed by atoms with Gasteiger partial charge in [-0.3, -0.25) is 4.79 Å². The highest BCUT2D eigenvalue weighted by atomic mass is 16.4. The summed E-state index contributed by atoms with van der Waals surface area (Å²) in [5.41, 5.74) is 0. The summed E-state index contributed by atoms with van der Waals surface area (Å²) in [6, 6.07) is 0.506. The van der Waals surface area contributed by atoms with Crippen molar-refractivity contribution in [2.75, 3.05) is 20.1 Å². The first-order chi connectivity index (χ1) is 9.97. The maximum atomic E-state index is 12.6. The van der Waals surface area contributed by atoms with Gasteiger partial charge in [-0.05, 0) is 37.5 Å². The van der Waals surface area contributed by atoms with Crippen LogP contribution in [-0.4, -0.2) is 53.1 Å². The molecule has 2 aliphatic rings. The van der Waals surface area contributed by atoms with Gasteiger partial charge in [-0.15, -0.1) is 0 Å². The maximum absolute atomic E-state index is 12.6. The Labute approximate surface area is 127 Å². The Balaban J connectivity index is 1.81. The third kappa shape index (κ3) is 4.35. The fraction of sp³-hybridized carbons (Fsp3) is 0.875. The van der Waals surface area contributed by atoms with Gasteiger partial charge in [-0.1, -0.05) is 19.8 Å². The molecule has 3 unspecified atom stereocenters. The lowest BCUT2D eigenvalue weighted by atomic mass is 9.86. The van der Waals surface area contributed by atoms with Gasteiger partial charge >= 0.3 is 12.0 Å². The smallest absolute Gasteiger partial charge is 0.319 e. The number of carboxylic acid groups (broad SMARTS) is 1. The molecule has 2 fully saturated rings. The van der Waals surface area contributed by atoms with Crippen molar-refractivity contribution in [1.29, 1.82) is 0 Å². The molecule has 1 aliphatic carbocycles. The van der Waals surface area contributed by atoms with Gasteiger partial charge in [-0.25, -0.2) is 4.79 Å². The standard InChI is InChI=1S/C16H28N2O3/c1-12-4-3-5-14(10-12)17(2)16(21)18-9-8-13(11-18)6-7-15(19)20/h12-14H,3-11H2,1-2H3,(H,19,20). The van der Waals surface area contributed by atoms with Crippen LogP contribution in [0.15, 0.2) is 0 Å². The molecule has 2 rings (SSSR count). The Morgan fingerprint density at radius 2 is 2.05 bits per heavy atom. The normalized spacial score (nSPS) is 29.4. The van der Waals surface area contributed by atoms with Gasteiger partial charge < -0.3 is 14.9 Å². The van der Waals surface area contributed by atoms with E-state index in [1.165, 1.54) is 12.8 Å². The topological polar surface area (TPSA) is 60.9 Å². The SMILES string of the molecule is CC1CCCC(N(C)C(=O)N2CCC(CCC(=O)O)C2)C1. The molecular formula is C16H28N2O3. The molecule has 0 spiro atoms. The first kappa shape index (κ1) is 16.1. The minimum Gasteiger partial charge on any atom is -0.481 e. The molecule has 1 saturated carbocycles. The Morgan fingerprint density at radius 1 is 1.29 bits per heavy atom. The van der Waals surface area contributed by atoms with E-state index >= 15 is 0 Å². The molecule has 0 aromatic heterocycles. The summed E-state index contributed by atoms with van der Waals surface area (Å²) >= 11 is 0. The molecule has 120 valence electrons. The molecule has 3 atom stereocenters. The quantitative estimate of drug-likeness (QED) is 0.867. The van der Waals surface area contributed by atoms with Crippen molar-refractivity contribution in [3.8, 4) is 0 Å². The molecule has 5 nitrogen and oxygen atoms in total. The lowest BCUT2D eigenvalue weighted by Crippen LogP contribution is -2.46. The van der Waals surface area contributed by atoms with Crippen LogP contribution in [-0.2, 0) is 4.79 Å². The van der Waals surface area contributed by atoms with E-state index in [0.717, 1.165) is 32.4 Å². The van der Waals surface area contributed by atoms with Crippen LogP contribution in [0.4, 0.5) is 4.79 Å². The van der Waals surface area contributed by atoms with Crippen molar-refractivity contribution < 1.29 is 14.7 Å². The first-order valence-corrected chi connectivity index (χ1v) is 8.21. The predicted octanol–water partition coefficient (Wildman–Crippen LogP) is 2.80. The number of likely N-dealkylation sites (tertiary alicyclic amines) is 1. The van der Waals surface area contributed by atoms with Crippen molar-refractivity contribution in [3.63, 3.8) is 0 Å². The van der Waals surface area contributed by atoms with Gasteiger partial charge in [0.2, 0.25) is 0 Å². The minimum atomic E-state index is -0.743. The molecule has 1 saturated heterocycles. The zero-order chi connectivity index (χ0) is 15.4. The highest BCUT2D eigenvalue weighted by Gasteiger charge is 2.32. The van der Waals surface area contributed by atoms with Gasteiger partial charge in [0.15, 0.2) is 0 Å². The summed E-state index contributed by atoms with van der Waals surface area (Å²) in [7, 11) is 1.93. The molecule has 5 heteroatoms. The van der Waals surface area contributed by atoms with Gasteiger partial charge in [0.1, 0.15) is 0 Å². The van der Waals surface area contributed by atoms with Crippen molar-refractivity contribution in [3.05, 3.63) is 0 Å². The molecule has 0 radical (unpaired) electrons.